The molecule has 0 aliphatic carbocycles. The summed E-state index contributed by atoms with van der Waals surface area (Å²) in [5.41, 5.74) is 5.87. The van der Waals surface area contributed by atoms with Gasteiger partial charge in [0.2, 0.25) is 0 Å². The van der Waals surface area contributed by atoms with Crippen molar-refractivity contribution in [2.24, 2.45) is 0 Å². The Kier molecular flexibility index (Phi) is 4.33. The molecule has 0 bridgehead atoms. The van der Waals surface area contributed by atoms with E-state index in [1.807, 2.05) is 0 Å². The van der Waals surface area contributed by atoms with Crippen LogP contribution in [0.25, 0.3) is 11.1 Å². The minimum atomic E-state index is -0.0604. The molecule has 2 heteroatoms. The predicted octanol–water partition coefficient (Wildman–Crippen LogP) is 4.45. The van der Waals surface area contributed by atoms with Crippen molar-refractivity contribution in [3.63, 3.8) is 0 Å². The standard InChI is InChI=1S/C18H22O2/c1-4-12-7-8-15(9-13(12)5-2)16-11-18(20)17(19)10-14(16)6-3/h7-11,19-20H,4-6H2,1-3H3. The van der Waals surface area contributed by atoms with E-state index in [1.165, 1.54) is 11.1 Å². The van der Waals surface area contributed by atoms with Gasteiger partial charge in [-0.15, -0.1) is 0 Å². The summed E-state index contributed by atoms with van der Waals surface area (Å²) in [6.07, 6.45) is 2.85. The van der Waals surface area contributed by atoms with Gasteiger partial charge in [0.25, 0.3) is 0 Å². The molecule has 2 aromatic rings. The first-order valence-electron chi connectivity index (χ1n) is 7.27. The number of phenols is 2. The van der Waals surface area contributed by atoms with Gasteiger partial charge in [-0.05, 0) is 59.2 Å². The Morgan fingerprint density at radius 3 is 1.90 bits per heavy atom. The molecule has 0 saturated heterocycles. The van der Waals surface area contributed by atoms with Crippen LogP contribution in [-0.4, -0.2) is 10.2 Å². The van der Waals surface area contributed by atoms with E-state index in [-0.39, 0.29) is 11.5 Å². The van der Waals surface area contributed by atoms with Crippen molar-refractivity contribution in [1.29, 1.82) is 0 Å². The zero-order valence-corrected chi connectivity index (χ0v) is 12.4. The highest BCUT2D eigenvalue weighted by Gasteiger charge is 2.11. The fraction of sp³-hybridized carbons (Fsp3) is 0.333. The largest absolute Gasteiger partial charge is 0.504 e. The number of hydrogen-bond acceptors (Lipinski definition) is 2. The summed E-state index contributed by atoms with van der Waals surface area (Å²) in [6, 6.07) is 9.78. The number of rotatable bonds is 4. The van der Waals surface area contributed by atoms with Gasteiger partial charge in [-0.25, -0.2) is 0 Å². The van der Waals surface area contributed by atoms with E-state index >= 15 is 0 Å². The molecule has 2 N–H and O–H groups in total. The number of benzene rings is 2. The van der Waals surface area contributed by atoms with Crippen LogP contribution in [0.3, 0.4) is 0 Å². The molecule has 0 amide bonds. The Morgan fingerprint density at radius 1 is 0.700 bits per heavy atom. The Labute approximate surface area is 120 Å². The van der Waals surface area contributed by atoms with Gasteiger partial charge in [-0.3, -0.25) is 0 Å². The van der Waals surface area contributed by atoms with Crippen LogP contribution in [0.15, 0.2) is 30.3 Å². The molecule has 0 atom stereocenters. The molecule has 0 saturated carbocycles. The highest BCUT2D eigenvalue weighted by molar-refractivity contribution is 5.72. The summed E-state index contributed by atoms with van der Waals surface area (Å²) in [4.78, 5) is 0. The number of aryl methyl sites for hydroxylation is 3. The normalized spacial score (nSPS) is 10.8. The van der Waals surface area contributed by atoms with Gasteiger partial charge in [-0.2, -0.15) is 0 Å². The lowest BCUT2D eigenvalue weighted by atomic mass is 9.93. The van der Waals surface area contributed by atoms with Crippen LogP contribution in [-0.2, 0) is 19.3 Å². The maximum Gasteiger partial charge on any atom is 0.158 e. The summed E-state index contributed by atoms with van der Waals surface area (Å²) in [6.45, 7) is 6.38. The predicted molar refractivity (Wildman–Crippen MR) is 83.3 cm³/mol. The highest BCUT2D eigenvalue weighted by Crippen LogP contribution is 2.35. The monoisotopic (exact) mass is 270 g/mol. The van der Waals surface area contributed by atoms with Gasteiger partial charge in [0.05, 0.1) is 0 Å². The van der Waals surface area contributed by atoms with Crippen LogP contribution in [0.5, 0.6) is 11.5 Å². The second-order valence-corrected chi connectivity index (χ2v) is 5.04. The summed E-state index contributed by atoms with van der Waals surface area (Å²) < 4.78 is 0. The average molecular weight is 270 g/mol. The molecule has 106 valence electrons. The quantitative estimate of drug-likeness (QED) is 0.806. The molecule has 0 radical (unpaired) electrons. The van der Waals surface area contributed by atoms with Gasteiger partial charge in [0, 0.05) is 0 Å². The van der Waals surface area contributed by atoms with E-state index in [2.05, 4.69) is 39.0 Å². The zero-order chi connectivity index (χ0) is 14.7. The molecule has 0 aliphatic heterocycles. The van der Waals surface area contributed by atoms with E-state index < -0.39 is 0 Å². The summed E-state index contributed by atoms with van der Waals surface area (Å²) in [5.74, 6) is -0.110. The van der Waals surface area contributed by atoms with Crippen molar-refractivity contribution in [2.75, 3.05) is 0 Å². The Hall–Kier alpha value is -1.96. The third-order valence-corrected chi connectivity index (χ3v) is 3.86. The lowest BCUT2D eigenvalue weighted by molar-refractivity contribution is 0.403. The van der Waals surface area contributed by atoms with Crippen molar-refractivity contribution in [2.45, 2.75) is 40.0 Å². The number of aromatic hydroxyl groups is 2. The Morgan fingerprint density at radius 2 is 1.30 bits per heavy atom. The van der Waals surface area contributed by atoms with E-state index in [9.17, 15) is 10.2 Å². The van der Waals surface area contributed by atoms with Crippen molar-refractivity contribution in [1.82, 2.24) is 0 Å². The molecule has 2 rings (SSSR count). The summed E-state index contributed by atoms with van der Waals surface area (Å²) >= 11 is 0. The first-order chi connectivity index (χ1) is 9.60. The van der Waals surface area contributed by atoms with E-state index in [4.69, 9.17) is 0 Å². The van der Waals surface area contributed by atoms with Crippen LogP contribution in [0.1, 0.15) is 37.5 Å². The summed E-state index contributed by atoms with van der Waals surface area (Å²) in [7, 11) is 0. The third kappa shape index (κ3) is 2.64. The van der Waals surface area contributed by atoms with Gasteiger partial charge < -0.3 is 10.2 Å². The molecule has 20 heavy (non-hydrogen) atoms. The molecular formula is C18H22O2. The molecule has 2 aromatic carbocycles. The molecule has 0 aromatic heterocycles. The van der Waals surface area contributed by atoms with E-state index in [1.54, 1.807) is 12.1 Å². The van der Waals surface area contributed by atoms with Crippen molar-refractivity contribution < 1.29 is 10.2 Å². The molecule has 0 aliphatic rings. The number of phenolic OH excluding ortho intramolecular Hbond substituents is 2. The topological polar surface area (TPSA) is 40.5 Å². The second-order valence-electron chi connectivity index (χ2n) is 5.04. The minimum absolute atomic E-state index is 0.0495. The van der Waals surface area contributed by atoms with E-state index in [0.29, 0.717) is 0 Å². The Bertz CT molecular complexity index is 615. The fourth-order valence-electron chi connectivity index (χ4n) is 2.65. The Balaban J connectivity index is 2.59. The van der Waals surface area contributed by atoms with Crippen LogP contribution in [0, 0.1) is 0 Å². The second kappa shape index (κ2) is 6.00. The number of hydrogen-bond donors (Lipinski definition) is 2. The van der Waals surface area contributed by atoms with E-state index in [0.717, 1.165) is 36.0 Å². The van der Waals surface area contributed by atoms with Gasteiger partial charge in [0.1, 0.15) is 0 Å². The fourth-order valence-corrected chi connectivity index (χ4v) is 2.65. The minimum Gasteiger partial charge on any atom is -0.504 e. The third-order valence-electron chi connectivity index (χ3n) is 3.86. The first kappa shape index (κ1) is 14.4. The van der Waals surface area contributed by atoms with Crippen molar-refractivity contribution in [3.8, 4) is 22.6 Å². The van der Waals surface area contributed by atoms with Gasteiger partial charge >= 0.3 is 0 Å². The smallest absolute Gasteiger partial charge is 0.158 e. The van der Waals surface area contributed by atoms with Gasteiger partial charge in [-0.1, -0.05) is 39.0 Å². The van der Waals surface area contributed by atoms with Crippen LogP contribution < -0.4 is 0 Å². The zero-order valence-electron chi connectivity index (χ0n) is 12.4. The molecule has 0 spiro atoms. The van der Waals surface area contributed by atoms with Crippen LogP contribution in [0.4, 0.5) is 0 Å². The molecule has 0 heterocycles. The van der Waals surface area contributed by atoms with Crippen LogP contribution in [0.2, 0.25) is 0 Å². The van der Waals surface area contributed by atoms with Crippen LogP contribution >= 0.6 is 0 Å². The van der Waals surface area contributed by atoms with Crippen molar-refractivity contribution >= 4 is 0 Å². The molecular weight excluding hydrogens is 248 g/mol. The van der Waals surface area contributed by atoms with Crippen molar-refractivity contribution in [3.05, 3.63) is 47.0 Å². The SMILES string of the molecule is CCc1ccc(-c2cc(O)c(O)cc2CC)cc1CC. The molecule has 0 unspecified atom stereocenters. The maximum absolute atomic E-state index is 9.76. The van der Waals surface area contributed by atoms with Gasteiger partial charge in [0.15, 0.2) is 11.5 Å². The highest BCUT2D eigenvalue weighted by atomic mass is 16.3. The molecule has 2 nitrogen and oxygen atoms in total. The lowest BCUT2D eigenvalue weighted by Gasteiger charge is -2.13. The average Bonchev–Trinajstić information content (AvgIpc) is 2.48. The lowest BCUT2D eigenvalue weighted by Crippen LogP contribution is -1.94. The molecule has 0 fully saturated rings. The summed E-state index contributed by atoms with van der Waals surface area (Å²) in [5, 5.41) is 19.4. The maximum atomic E-state index is 9.76. The first-order valence-corrected chi connectivity index (χ1v) is 7.27.